The van der Waals surface area contributed by atoms with E-state index in [1.165, 1.54) is 12.1 Å². The highest BCUT2D eigenvalue weighted by Gasteiger charge is 2.44. The summed E-state index contributed by atoms with van der Waals surface area (Å²) in [6.45, 7) is 1.35. The number of benzene rings is 1. The number of esters is 1. The highest BCUT2D eigenvalue weighted by molar-refractivity contribution is 5.77. The van der Waals surface area contributed by atoms with Crippen molar-refractivity contribution in [3.8, 4) is 5.75 Å². The van der Waals surface area contributed by atoms with Gasteiger partial charge in [-0.2, -0.15) is 0 Å². The Morgan fingerprint density at radius 2 is 2.26 bits per heavy atom. The molecule has 5 nitrogen and oxygen atoms in total. The first-order valence-corrected chi connectivity index (χ1v) is 7.94. The van der Waals surface area contributed by atoms with Crippen molar-refractivity contribution < 1.29 is 23.5 Å². The molecule has 0 saturated carbocycles. The number of nitrogens with zero attached hydrogens (tertiary/aromatic N) is 1. The number of halogens is 1. The van der Waals surface area contributed by atoms with Crippen molar-refractivity contribution in [1.29, 1.82) is 0 Å². The van der Waals surface area contributed by atoms with E-state index in [1.807, 2.05) is 0 Å². The number of carbonyl (C=O) groups is 2. The minimum Gasteiger partial charge on any atom is -0.493 e. The van der Waals surface area contributed by atoms with Crippen LogP contribution in [0.3, 0.4) is 0 Å². The van der Waals surface area contributed by atoms with E-state index in [1.54, 1.807) is 17.0 Å². The molecule has 0 N–H and O–H groups in total. The zero-order chi connectivity index (χ0) is 16.3. The predicted octanol–water partition coefficient (Wildman–Crippen LogP) is 2.29. The van der Waals surface area contributed by atoms with Gasteiger partial charge in [-0.25, -0.2) is 4.39 Å². The summed E-state index contributed by atoms with van der Waals surface area (Å²) in [6.07, 6.45) is 3.01. The number of hydrogen-bond donors (Lipinski definition) is 0. The van der Waals surface area contributed by atoms with E-state index in [0.29, 0.717) is 31.7 Å². The number of amides is 1. The lowest BCUT2D eigenvalue weighted by Gasteiger charge is -2.39. The van der Waals surface area contributed by atoms with Crippen LogP contribution in [-0.2, 0) is 14.3 Å². The van der Waals surface area contributed by atoms with Gasteiger partial charge in [0.05, 0.1) is 19.6 Å². The molecule has 0 aromatic heterocycles. The number of rotatable bonds is 4. The summed E-state index contributed by atoms with van der Waals surface area (Å²) in [4.78, 5) is 25.4. The van der Waals surface area contributed by atoms with Gasteiger partial charge in [0.25, 0.3) is 0 Å². The van der Waals surface area contributed by atoms with Crippen LogP contribution in [0.25, 0.3) is 0 Å². The second-order valence-corrected chi connectivity index (χ2v) is 6.13. The van der Waals surface area contributed by atoms with Crippen LogP contribution in [0, 0.1) is 5.82 Å². The van der Waals surface area contributed by atoms with E-state index in [9.17, 15) is 14.0 Å². The highest BCUT2D eigenvalue weighted by atomic mass is 19.1. The van der Waals surface area contributed by atoms with Gasteiger partial charge >= 0.3 is 5.97 Å². The van der Waals surface area contributed by atoms with Crippen LogP contribution in [0.15, 0.2) is 24.3 Å². The topological polar surface area (TPSA) is 55.8 Å². The fraction of sp³-hybridized carbons (Fsp3) is 0.529. The van der Waals surface area contributed by atoms with Gasteiger partial charge in [-0.3, -0.25) is 9.59 Å². The Bertz CT molecular complexity index is 606. The minimum absolute atomic E-state index is 0.0246. The molecule has 0 radical (unpaired) electrons. The van der Waals surface area contributed by atoms with E-state index in [0.717, 1.165) is 12.8 Å². The first-order valence-electron chi connectivity index (χ1n) is 7.94. The molecule has 23 heavy (non-hydrogen) atoms. The summed E-state index contributed by atoms with van der Waals surface area (Å²) in [5.74, 6) is -0.148. The Morgan fingerprint density at radius 1 is 1.39 bits per heavy atom. The van der Waals surface area contributed by atoms with Crippen LogP contribution in [0.5, 0.6) is 5.75 Å². The molecule has 0 unspecified atom stereocenters. The number of hydrogen-bond acceptors (Lipinski definition) is 4. The SMILES string of the molecule is O=C1CC[C@]2(CCCN(C(=O)CCOc3cccc(F)c3)C2)O1. The Balaban J connectivity index is 1.49. The summed E-state index contributed by atoms with van der Waals surface area (Å²) in [5.41, 5.74) is -0.478. The van der Waals surface area contributed by atoms with Crippen molar-refractivity contribution in [3.05, 3.63) is 30.1 Å². The zero-order valence-corrected chi connectivity index (χ0v) is 12.9. The first-order chi connectivity index (χ1) is 11.1. The summed E-state index contributed by atoms with van der Waals surface area (Å²) < 4.78 is 23.9. The Kier molecular flexibility index (Phi) is 4.50. The standard InChI is InChI=1S/C17H20FNO4/c18-13-3-1-4-14(11-13)22-10-6-15(20)19-9-2-7-17(12-19)8-5-16(21)23-17/h1,3-4,11H,2,5-10,12H2/t17-/m0/s1. The lowest BCUT2D eigenvalue weighted by Crippen LogP contribution is -2.50. The van der Waals surface area contributed by atoms with Crippen molar-refractivity contribution in [3.63, 3.8) is 0 Å². The van der Waals surface area contributed by atoms with Crippen LogP contribution in [0.4, 0.5) is 4.39 Å². The van der Waals surface area contributed by atoms with Crippen molar-refractivity contribution in [1.82, 2.24) is 4.90 Å². The van der Waals surface area contributed by atoms with Crippen molar-refractivity contribution in [2.45, 2.75) is 37.7 Å². The number of ether oxygens (including phenoxy) is 2. The summed E-state index contributed by atoms with van der Waals surface area (Å²) in [6, 6.07) is 5.85. The maximum Gasteiger partial charge on any atom is 0.306 e. The summed E-state index contributed by atoms with van der Waals surface area (Å²) in [7, 11) is 0. The molecule has 0 aliphatic carbocycles. The van der Waals surface area contributed by atoms with Crippen LogP contribution < -0.4 is 4.74 Å². The molecule has 1 aromatic carbocycles. The van der Waals surface area contributed by atoms with Crippen LogP contribution in [0.2, 0.25) is 0 Å². The molecule has 6 heteroatoms. The third kappa shape index (κ3) is 3.81. The van der Waals surface area contributed by atoms with Crippen LogP contribution in [0.1, 0.15) is 32.1 Å². The molecule has 0 bridgehead atoms. The van der Waals surface area contributed by atoms with Gasteiger partial charge in [0, 0.05) is 19.0 Å². The molecule has 2 aliphatic rings. The van der Waals surface area contributed by atoms with Gasteiger partial charge in [0.1, 0.15) is 17.2 Å². The monoisotopic (exact) mass is 321 g/mol. The quantitative estimate of drug-likeness (QED) is 0.799. The maximum absolute atomic E-state index is 13.0. The van der Waals surface area contributed by atoms with Gasteiger partial charge < -0.3 is 14.4 Å². The van der Waals surface area contributed by atoms with Crippen molar-refractivity contribution in [2.24, 2.45) is 0 Å². The lowest BCUT2D eigenvalue weighted by atomic mass is 9.90. The van der Waals surface area contributed by atoms with E-state index < -0.39 is 5.60 Å². The molecule has 2 aliphatic heterocycles. The molecule has 124 valence electrons. The lowest BCUT2D eigenvalue weighted by molar-refractivity contribution is -0.157. The number of likely N-dealkylation sites (tertiary alicyclic amines) is 1. The van der Waals surface area contributed by atoms with Crippen LogP contribution in [-0.4, -0.2) is 42.1 Å². The highest BCUT2D eigenvalue weighted by Crippen LogP contribution is 2.35. The van der Waals surface area contributed by atoms with Gasteiger partial charge in [0.15, 0.2) is 0 Å². The first kappa shape index (κ1) is 15.8. The Morgan fingerprint density at radius 3 is 3.00 bits per heavy atom. The van der Waals surface area contributed by atoms with Crippen LogP contribution >= 0.6 is 0 Å². The second-order valence-electron chi connectivity index (χ2n) is 6.13. The van der Waals surface area contributed by atoms with E-state index in [-0.39, 0.29) is 30.7 Å². The fourth-order valence-electron chi connectivity index (χ4n) is 3.24. The molecule has 3 rings (SSSR count). The van der Waals surface area contributed by atoms with Gasteiger partial charge in [-0.15, -0.1) is 0 Å². The average molecular weight is 321 g/mol. The smallest absolute Gasteiger partial charge is 0.306 e. The fourth-order valence-corrected chi connectivity index (χ4v) is 3.24. The normalized spacial score (nSPS) is 23.9. The average Bonchev–Trinajstić information content (AvgIpc) is 2.87. The third-order valence-electron chi connectivity index (χ3n) is 4.39. The largest absolute Gasteiger partial charge is 0.493 e. The molecular formula is C17H20FNO4. The minimum atomic E-state index is -0.478. The molecule has 1 aromatic rings. The predicted molar refractivity (Wildman–Crippen MR) is 80.4 cm³/mol. The molecule has 2 saturated heterocycles. The van der Waals surface area contributed by atoms with Crippen molar-refractivity contribution >= 4 is 11.9 Å². The molecule has 1 spiro atoms. The summed E-state index contributed by atoms with van der Waals surface area (Å²) in [5, 5.41) is 0. The van der Waals surface area contributed by atoms with E-state index >= 15 is 0 Å². The molecule has 1 atom stereocenters. The van der Waals surface area contributed by atoms with E-state index in [2.05, 4.69) is 0 Å². The zero-order valence-electron chi connectivity index (χ0n) is 12.9. The summed E-state index contributed by atoms with van der Waals surface area (Å²) >= 11 is 0. The van der Waals surface area contributed by atoms with Crippen molar-refractivity contribution in [2.75, 3.05) is 19.7 Å². The second kappa shape index (κ2) is 6.56. The van der Waals surface area contributed by atoms with Gasteiger partial charge in [0.2, 0.25) is 5.91 Å². The van der Waals surface area contributed by atoms with Gasteiger partial charge in [-0.05, 0) is 31.4 Å². The number of piperidine rings is 1. The molecular weight excluding hydrogens is 301 g/mol. The molecule has 1 amide bonds. The molecule has 2 fully saturated rings. The maximum atomic E-state index is 13.0. The molecule has 2 heterocycles. The van der Waals surface area contributed by atoms with Gasteiger partial charge in [-0.1, -0.05) is 6.07 Å². The third-order valence-corrected chi connectivity index (χ3v) is 4.39. The number of carbonyl (C=O) groups excluding carboxylic acids is 2. The Labute approximate surface area is 134 Å². The Hall–Kier alpha value is -2.11. The van der Waals surface area contributed by atoms with E-state index in [4.69, 9.17) is 9.47 Å².